The molecule has 0 bridgehead atoms. The fraction of sp³-hybridized carbons (Fsp3) is 0.533. The predicted molar refractivity (Wildman–Crippen MR) is 77.9 cm³/mol. The zero-order chi connectivity index (χ0) is 13.8. The summed E-state index contributed by atoms with van der Waals surface area (Å²) in [4.78, 5) is 13.1. The summed E-state index contributed by atoms with van der Waals surface area (Å²) < 4.78 is 0. The van der Waals surface area contributed by atoms with Crippen LogP contribution in [0.4, 0.5) is 5.69 Å². The van der Waals surface area contributed by atoms with Crippen molar-refractivity contribution in [2.24, 2.45) is 5.92 Å². The van der Waals surface area contributed by atoms with Crippen LogP contribution in [0.1, 0.15) is 32.6 Å². The number of halogens is 1. The first-order chi connectivity index (χ1) is 9.06. The summed E-state index contributed by atoms with van der Waals surface area (Å²) in [6.45, 7) is 2.32. The first-order valence-electron chi connectivity index (χ1n) is 6.80. The summed E-state index contributed by atoms with van der Waals surface area (Å²) in [5, 5.41) is 9.79. The second-order valence-corrected chi connectivity index (χ2v) is 5.85. The minimum Gasteiger partial charge on any atom is -0.480 e. The Labute approximate surface area is 119 Å². The molecule has 104 valence electrons. The van der Waals surface area contributed by atoms with Crippen LogP contribution in [-0.2, 0) is 4.79 Å². The first-order valence-corrected chi connectivity index (χ1v) is 7.18. The van der Waals surface area contributed by atoms with Crippen LogP contribution in [0.2, 0.25) is 5.02 Å². The molecule has 19 heavy (non-hydrogen) atoms. The molecule has 0 spiro atoms. The molecular weight excluding hydrogens is 262 g/mol. The van der Waals surface area contributed by atoms with E-state index in [4.69, 9.17) is 16.7 Å². The van der Waals surface area contributed by atoms with Gasteiger partial charge in [0.1, 0.15) is 6.54 Å². The van der Waals surface area contributed by atoms with Crippen molar-refractivity contribution < 1.29 is 9.90 Å². The number of hydrogen-bond acceptors (Lipinski definition) is 2. The van der Waals surface area contributed by atoms with Crippen LogP contribution in [0.15, 0.2) is 24.3 Å². The summed E-state index contributed by atoms with van der Waals surface area (Å²) in [5.74, 6) is -0.0262. The summed E-state index contributed by atoms with van der Waals surface area (Å²) in [7, 11) is 0. The van der Waals surface area contributed by atoms with Gasteiger partial charge in [0.15, 0.2) is 0 Å². The Bertz CT molecular complexity index is 424. The van der Waals surface area contributed by atoms with Crippen molar-refractivity contribution in [3.63, 3.8) is 0 Å². The van der Waals surface area contributed by atoms with Gasteiger partial charge >= 0.3 is 5.97 Å². The monoisotopic (exact) mass is 281 g/mol. The molecule has 3 nitrogen and oxygen atoms in total. The smallest absolute Gasteiger partial charge is 0.323 e. The van der Waals surface area contributed by atoms with Crippen LogP contribution in [0.5, 0.6) is 0 Å². The third-order valence-corrected chi connectivity index (χ3v) is 4.14. The fourth-order valence-corrected chi connectivity index (χ4v) is 2.89. The highest BCUT2D eigenvalue weighted by molar-refractivity contribution is 6.30. The number of rotatable bonds is 4. The lowest BCUT2D eigenvalue weighted by molar-refractivity contribution is -0.135. The second-order valence-electron chi connectivity index (χ2n) is 5.41. The summed E-state index contributed by atoms with van der Waals surface area (Å²) in [5.41, 5.74) is 0.950. The minimum absolute atomic E-state index is 0.0562. The number of carboxylic acids is 1. The van der Waals surface area contributed by atoms with Gasteiger partial charge in [-0.2, -0.15) is 0 Å². The number of carboxylic acid groups (broad SMARTS) is 1. The molecule has 1 aliphatic rings. The Balaban J connectivity index is 2.15. The molecule has 4 heteroatoms. The van der Waals surface area contributed by atoms with Crippen molar-refractivity contribution in [3.05, 3.63) is 29.3 Å². The SMILES string of the molecule is CC1CCC(N(CC(=O)O)c2ccc(Cl)cc2)CC1. The zero-order valence-electron chi connectivity index (χ0n) is 11.2. The number of hydrogen-bond donors (Lipinski definition) is 1. The van der Waals surface area contributed by atoms with Crippen molar-refractivity contribution in [3.8, 4) is 0 Å². The second kappa shape index (κ2) is 6.29. The number of carbonyl (C=O) groups is 1. The molecule has 0 saturated heterocycles. The van der Waals surface area contributed by atoms with Crippen molar-refractivity contribution >= 4 is 23.3 Å². The van der Waals surface area contributed by atoms with Gasteiger partial charge in [-0.25, -0.2) is 0 Å². The van der Waals surface area contributed by atoms with Gasteiger partial charge in [0.2, 0.25) is 0 Å². The maximum absolute atomic E-state index is 11.1. The molecule has 0 radical (unpaired) electrons. The van der Waals surface area contributed by atoms with Gasteiger partial charge in [0.25, 0.3) is 0 Å². The standard InChI is InChI=1S/C15H20ClNO2/c1-11-2-6-13(7-3-11)17(10-15(18)19)14-8-4-12(16)5-9-14/h4-5,8-9,11,13H,2-3,6-7,10H2,1H3,(H,18,19). The van der Waals surface area contributed by atoms with E-state index in [1.807, 2.05) is 29.2 Å². The van der Waals surface area contributed by atoms with E-state index < -0.39 is 5.97 Å². The van der Waals surface area contributed by atoms with E-state index in [2.05, 4.69) is 6.92 Å². The molecule has 1 N–H and O–H groups in total. The lowest BCUT2D eigenvalue weighted by Crippen LogP contribution is -2.41. The van der Waals surface area contributed by atoms with Gasteiger partial charge in [0, 0.05) is 16.8 Å². The van der Waals surface area contributed by atoms with Crippen LogP contribution >= 0.6 is 11.6 Å². The highest BCUT2D eigenvalue weighted by Gasteiger charge is 2.25. The van der Waals surface area contributed by atoms with Crippen LogP contribution in [0.25, 0.3) is 0 Å². The number of nitrogens with zero attached hydrogens (tertiary/aromatic N) is 1. The van der Waals surface area contributed by atoms with Crippen LogP contribution in [0, 0.1) is 5.92 Å². The maximum atomic E-state index is 11.1. The third kappa shape index (κ3) is 3.87. The molecule has 1 saturated carbocycles. The number of anilines is 1. The van der Waals surface area contributed by atoms with E-state index in [-0.39, 0.29) is 6.54 Å². The molecule has 0 aromatic heterocycles. The third-order valence-electron chi connectivity index (χ3n) is 3.89. The van der Waals surface area contributed by atoms with Gasteiger partial charge < -0.3 is 10.0 Å². The van der Waals surface area contributed by atoms with Crippen molar-refractivity contribution in [2.45, 2.75) is 38.6 Å². The molecule has 0 heterocycles. The topological polar surface area (TPSA) is 40.5 Å². The van der Waals surface area contributed by atoms with Crippen molar-refractivity contribution in [1.82, 2.24) is 0 Å². The van der Waals surface area contributed by atoms with Crippen LogP contribution in [-0.4, -0.2) is 23.7 Å². The molecule has 1 aromatic rings. The van der Waals surface area contributed by atoms with Gasteiger partial charge in [-0.1, -0.05) is 18.5 Å². The van der Waals surface area contributed by atoms with Gasteiger partial charge in [-0.3, -0.25) is 4.79 Å². The number of aliphatic carboxylic acids is 1. The molecular formula is C15H20ClNO2. The molecule has 0 unspecified atom stereocenters. The van der Waals surface area contributed by atoms with E-state index in [0.29, 0.717) is 11.1 Å². The predicted octanol–water partition coefficient (Wildman–Crippen LogP) is 3.81. The molecule has 1 fully saturated rings. The van der Waals surface area contributed by atoms with Gasteiger partial charge in [-0.05, 0) is 55.9 Å². The van der Waals surface area contributed by atoms with Gasteiger partial charge in [0.05, 0.1) is 0 Å². The van der Waals surface area contributed by atoms with E-state index in [9.17, 15) is 4.79 Å². The molecule has 0 aliphatic heterocycles. The van der Waals surface area contributed by atoms with E-state index in [0.717, 1.165) is 24.4 Å². The van der Waals surface area contributed by atoms with Crippen LogP contribution < -0.4 is 4.90 Å². The lowest BCUT2D eigenvalue weighted by atomic mass is 9.86. The highest BCUT2D eigenvalue weighted by Crippen LogP contribution is 2.30. The summed E-state index contributed by atoms with van der Waals surface area (Å²) in [6, 6.07) is 7.77. The summed E-state index contributed by atoms with van der Waals surface area (Å²) >= 11 is 5.89. The Hall–Kier alpha value is -1.22. The molecule has 2 rings (SSSR count). The Morgan fingerprint density at radius 3 is 2.37 bits per heavy atom. The average Bonchev–Trinajstić information content (AvgIpc) is 2.38. The van der Waals surface area contributed by atoms with Gasteiger partial charge in [-0.15, -0.1) is 0 Å². The largest absolute Gasteiger partial charge is 0.480 e. The molecule has 0 atom stereocenters. The van der Waals surface area contributed by atoms with Crippen LogP contribution in [0.3, 0.4) is 0 Å². The molecule has 1 aliphatic carbocycles. The van der Waals surface area contributed by atoms with E-state index in [1.165, 1.54) is 12.8 Å². The lowest BCUT2D eigenvalue weighted by Gasteiger charge is -2.36. The minimum atomic E-state index is -0.784. The molecule has 0 amide bonds. The summed E-state index contributed by atoms with van der Waals surface area (Å²) in [6.07, 6.45) is 4.48. The average molecular weight is 282 g/mol. The van der Waals surface area contributed by atoms with Crippen molar-refractivity contribution in [2.75, 3.05) is 11.4 Å². The quantitative estimate of drug-likeness (QED) is 0.912. The number of benzene rings is 1. The normalized spacial score (nSPS) is 23.1. The van der Waals surface area contributed by atoms with E-state index >= 15 is 0 Å². The Morgan fingerprint density at radius 2 is 1.84 bits per heavy atom. The van der Waals surface area contributed by atoms with E-state index in [1.54, 1.807) is 0 Å². The fourth-order valence-electron chi connectivity index (χ4n) is 2.76. The zero-order valence-corrected chi connectivity index (χ0v) is 11.9. The highest BCUT2D eigenvalue weighted by atomic mass is 35.5. The maximum Gasteiger partial charge on any atom is 0.323 e. The molecule has 1 aromatic carbocycles. The Morgan fingerprint density at radius 1 is 1.26 bits per heavy atom. The first kappa shape index (κ1) is 14.2. The Kier molecular flexibility index (Phi) is 4.70. The van der Waals surface area contributed by atoms with Crippen molar-refractivity contribution in [1.29, 1.82) is 0 Å².